The third-order valence-electron chi connectivity index (χ3n) is 5.65. The van der Waals surface area contributed by atoms with Gasteiger partial charge in [0.05, 0.1) is 10.6 Å². The molecule has 0 atom stereocenters. The summed E-state index contributed by atoms with van der Waals surface area (Å²) >= 11 is 0. The van der Waals surface area contributed by atoms with Crippen LogP contribution in [0.1, 0.15) is 32.9 Å². The van der Waals surface area contributed by atoms with Gasteiger partial charge in [0.2, 0.25) is 0 Å². The molecule has 0 bridgehead atoms. The molecule has 1 heterocycles. The largest absolute Gasteiger partial charge is 0.348 e. The number of aryl methyl sites for hydroxylation is 2. The van der Waals surface area contributed by atoms with Crippen LogP contribution in [0.2, 0.25) is 0 Å². The van der Waals surface area contributed by atoms with Crippen molar-refractivity contribution in [3.8, 4) is 5.69 Å². The van der Waals surface area contributed by atoms with Gasteiger partial charge in [-0.25, -0.2) is 13.4 Å². The first-order valence-electron chi connectivity index (χ1n) is 10.8. The monoisotopic (exact) mass is 474 g/mol. The number of anilines is 1. The van der Waals surface area contributed by atoms with Crippen molar-refractivity contribution in [2.75, 3.05) is 4.72 Å². The van der Waals surface area contributed by atoms with E-state index in [-0.39, 0.29) is 10.8 Å². The summed E-state index contributed by atoms with van der Waals surface area (Å²) in [7, 11) is -3.76. The van der Waals surface area contributed by atoms with E-state index in [4.69, 9.17) is 0 Å². The second kappa shape index (κ2) is 9.52. The zero-order chi connectivity index (χ0) is 24.3. The Morgan fingerprint density at radius 1 is 0.941 bits per heavy atom. The van der Waals surface area contributed by atoms with Gasteiger partial charge in [-0.05, 0) is 68.3 Å². The third-order valence-corrected chi connectivity index (χ3v) is 7.03. The van der Waals surface area contributed by atoms with Gasteiger partial charge < -0.3 is 9.88 Å². The summed E-state index contributed by atoms with van der Waals surface area (Å²) in [6.07, 6.45) is 3.65. The number of benzene rings is 3. The minimum atomic E-state index is -3.76. The maximum absolute atomic E-state index is 12.9. The molecule has 1 amide bonds. The number of nitrogens with zero attached hydrogens (tertiary/aromatic N) is 2. The predicted molar refractivity (Wildman–Crippen MR) is 133 cm³/mol. The molecule has 8 heteroatoms. The molecule has 4 rings (SSSR count). The molecule has 1 aromatic heterocycles. The minimum Gasteiger partial charge on any atom is -0.348 e. The topological polar surface area (TPSA) is 93.1 Å². The Labute approximate surface area is 199 Å². The summed E-state index contributed by atoms with van der Waals surface area (Å²) in [6, 6.07) is 19.5. The Morgan fingerprint density at radius 2 is 1.65 bits per heavy atom. The van der Waals surface area contributed by atoms with Crippen molar-refractivity contribution in [3.05, 3.63) is 107 Å². The molecule has 0 radical (unpaired) electrons. The van der Waals surface area contributed by atoms with Crippen LogP contribution in [0.25, 0.3) is 5.69 Å². The third kappa shape index (κ3) is 5.02. The standard InChI is InChI=1S/C26H26N4O3S/c1-18-7-13-23(14-8-18)34(32,33)29-25-6-4-5-24(19(25)2)26(31)28-17-21-9-11-22(12-10-21)30-16-15-27-20(30)3/h4-16,29H,17H2,1-3H3,(H,28,31). The van der Waals surface area contributed by atoms with Gasteiger partial charge in [0.15, 0.2) is 0 Å². The number of hydrogen-bond donors (Lipinski definition) is 2. The molecule has 2 N–H and O–H groups in total. The first-order chi connectivity index (χ1) is 16.2. The molecule has 0 unspecified atom stereocenters. The van der Waals surface area contributed by atoms with Crippen LogP contribution in [0.15, 0.2) is 84.0 Å². The highest BCUT2D eigenvalue weighted by atomic mass is 32.2. The van der Waals surface area contributed by atoms with E-state index >= 15 is 0 Å². The average molecular weight is 475 g/mol. The lowest BCUT2D eigenvalue weighted by Gasteiger charge is -2.14. The van der Waals surface area contributed by atoms with Gasteiger partial charge >= 0.3 is 0 Å². The van der Waals surface area contributed by atoms with Crippen LogP contribution in [-0.2, 0) is 16.6 Å². The van der Waals surface area contributed by atoms with E-state index in [0.29, 0.717) is 23.4 Å². The summed E-state index contributed by atoms with van der Waals surface area (Å²) in [5.41, 5.74) is 4.25. The molecule has 34 heavy (non-hydrogen) atoms. The first kappa shape index (κ1) is 23.3. The maximum atomic E-state index is 12.9. The highest BCUT2D eigenvalue weighted by Gasteiger charge is 2.18. The van der Waals surface area contributed by atoms with Gasteiger partial charge in [0.1, 0.15) is 5.82 Å². The lowest BCUT2D eigenvalue weighted by molar-refractivity contribution is 0.0950. The van der Waals surface area contributed by atoms with Crippen LogP contribution in [0.3, 0.4) is 0 Å². The van der Waals surface area contributed by atoms with Gasteiger partial charge in [0, 0.05) is 30.2 Å². The summed E-state index contributed by atoms with van der Waals surface area (Å²) in [6.45, 7) is 5.90. The molecular weight excluding hydrogens is 448 g/mol. The molecule has 0 saturated heterocycles. The van der Waals surface area contributed by atoms with Crippen LogP contribution in [-0.4, -0.2) is 23.9 Å². The number of amides is 1. The molecule has 0 spiro atoms. The molecule has 0 aliphatic carbocycles. The van der Waals surface area contributed by atoms with Crippen LogP contribution in [0, 0.1) is 20.8 Å². The number of rotatable bonds is 7. The number of aromatic nitrogens is 2. The zero-order valence-corrected chi connectivity index (χ0v) is 20.1. The lowest BCUT2D eigenvalue weighted by atomic mass is 10.1. The molecule has 7 nitrogen and oxygen atoms in total. The van der Waals surface area contributed by atoms with Crippen molar-refractivity contribution in [3.63, 3.8) is 0 Å². The highest BCUT2D eigenvalue weighted by Crippen LogP contribution is 2.23. The number of imidazole rings is 1. The molecule has 0 aliphatic rings. The van der Waals surface area contributed by atoms with Crippen molar-refractivity contribution >= 4 is 21.6 Å². The van der Waals surface area contributed by atoms with Crippen molar-refractivity contribution in [1.82, 2.24) is 14.9 Å². The molecule has 0 fully saturated rings. The molecule has 0 aliphatic heterocycles. The maximum Gasteiger partial charge on any atom is 0.261 e. The fourth-order valence-corrected chi connectivity index (χ4v) is 4.74. The van der Waals surface area contributed by atoms with Crippen molar-refractivity contribution in [1.29, 1.82) is 0 Å². The van der Waals surface area contributed by atoms with Gasteiger partial charge in [-0.2, -0.15) is 0 Å². The number of hydrogen-bond acceptors (Lipinski definition) is 4. The zero-order valence-electron chi connectivity index (χ0n) is 19.2. The van der Waals surface area contributed by atoms with Gasteiger partial charge in [0.25, 0.3) is 15.9 Å². The van der Waals surface area contributed by atoms with E-state index in [0.717, 1.165) is 22.6 Å². The van der Waals surface area contributed by atoms with Crippen LogP contribution in [0.5, 0.6) is 0 Å². The normalized spacial score (nSPS) is 11.3. The van der Waals surface area contributed by atoms with E-state index in [1.165, 1.54) is 0 Å². The fraction of sp³-hybridized carbons (Fsp3) is 0.154. The number of nitrogens with one attached hydrogen (secondary N) is 2. The minimum absolute atomic E-state index is 0.168. The SMILES string of the molecule is Cc1ccc(S(=O)(=O)Nc2cccc(C(=O)NCc3ccc(-n4ccnc4C)cc3)c2C)cc1. The van der Waals surface area contributed by atoms with E-state index in [1.54, 1.807) is 55.6 Å². The second-order valence-corrected chi connectivity index (χ2v) is 9.77. The van der Waals surface area contributed by atoms with Crippen LogP contribution < -0.4 is 10.0 Å². The smallest absolute Gasteiger partial charge is 0.261 e. The second-order valence-electron chi connectivity index (χ2n) is 8.09. The highest BCUT2D eigenvalue weighted by molar-refractivity contribution is 7.92. The van der Waals surface area contributed by atoms with Crippen molar-refractivity contribution in [2.45, 2.75) is 32.2 Å². The Hall–Kier alpha value is -3.91. The first-order valence-corrected chi connectivity index (χ1v) is 12.3. The molecule has 0 saturated carbocycles. The van der Waals surface area contributed by atoms with Crippen molar-refractivity contribution in [2.24, 2.45) is 0 Å². The van der Waals surface area contributed by atoms with Crippen LogP contribution >= 0.6 is 0 Å². The Morgan fingerprint density at radius 3 is 2.29 bits per heavy atom. The van der Waals surface area contributed by atoms with E-state index in [1.807, 2.05) is 48.9 Å². The average Bonchev–Trinajstić information content (AvgIpc) is 3.25. The van der Waals surface area contributed by atoms with Gasteiger partial charge in [-0.15, -0.1) is 0 Å². The molecule has 3 aromatic carbocycles. The van der Waals surface area contributed by atoms with E-state index < -0.39 is 10.0 Å². The summed E-state index contributed by atoms with van der Waals surface area (Å²) < 4.78 is 30.1. The van der Waals surface area contributed by atoms with E-state index in [9.17, 15) is 13.2 Å². The Balaban J connectivity index is 1.45. The van der Waals surface area contributed by atoms with Gasteiger partial charge in [-0.3, -0.25) is 9.52 Å². The number of carbonyl (C=O) groups is 1. The lowest BCUT2D eigenvalue weighted by Crippen LogP contribution is -2.24. The predicted octanol–water partition coefficient (Wildman–Crippen LogP) is 4.53. The number of carbonyl (C=O) groups excluding carboxylic acids is 1. The summed E-state index contributed by atoms with van der Waals surface area (Å²) in [4.78, 5) is 17.3. The van der Waals surface area contributed by atoms with Crippen LogP contribution in [0.4, 0.5) is 5.69 Å². The van der Waals surface area contributed by atoms with Crippen molar-refractivity contribution < 1.29 is 13.2 Å². The Kier molecular flexibility index (Phi) is 6.51. The molecule has 4 aromatic rings. The molecule has 174 valence electrons. The van der Waals surface area contributed by atoms with E-state index in [2.05, 4.69) is 15.0 Å². The molecular formula is C26H26N4O3S. The quantitative estimate of drug-likeness (QED) is 0.412. The summed E-state index contributed by atoms with van der Waals surface area (Å²) in [5.74, 6) is 0.623. The summed E-state index contributed by atoms with van der Waals surface area (Å²) in [5, 5.41) is 2.91. The number of sulfonamides is 1. The Bertz CT molecular complexity index is 1420. The van der Waals surface area contributed by atoms with Gasteiger partial charge in [-0.1, -0.05) is 35.9 Å². The fourth-order valence-electron chi connectivity index (χ4n) is 3.62.